The summed E-state index contributed by atoms with van der Waals surface area (Å²) in [6.07, 6.45) is 4.74. The number of rotatable bonds is 1. The number of aliphatic hydroxyl groups is 2. The van der Waals surface area contributed by atoms with Crippen LogP contribution < -0.4 is 0 Å². The van der Waals surface area contributed by atoms with Crippen LogP contribution in [0, 0.1) is 23.2 Å². The van der Waals surface area contributed by atoms with E-state index >= 15 is 0 Å². The largest absolute Gasteiger partial charge is 0.396 e. The van der Waals surface area contributed by atoms with Crippen molar-refractivity contribution in [3.05, 3.63) is 0 Å². The Kier molecular flexibility index (Phi) is 1.25. The molecule has 2 bridgehead atoms. The highest BCUT2D eigenvalue weighted by Gasteiger charge is 2.69. The van der Waals surface area contributed by atoms with Crippen LogP contribution in [0.1, 0.15) is 25.7 Å². The van der Waals surface area contributed by atoms with Gasteiger partial charge in [-0.25, -0.2) is 0 Å². The first-order valence-electron chi connectivity index (χ1n) is 5.07. The van der Waals surface area contributed by atoms with Gasteiger partial charge in [0.1, 0.15) is 0 Å². The van der Waals surface area contributed by atoms with E-state index in [1.165, 1.54) is 19.3 Å². The van der Waals surface area contributed by atoms with E-state index < -0.39 is 0 Å². The lowest BCUT2D eigenvalue weighted by Gasteiger charge is -2.41. The molecule has 4 saturated carbocycles. The van der Waals surface area contributed by atoms with Gasteiger partial charge < -0.3 is 10.2 Å². The van der Waals surface area contributed by atoms with E-state index in [0.717, 1.165) is 12.3 Å². The second kappa shape index (κ2) is 2.05. The lowest BCUT2D eigenvalue weighted by Crippen LogP contribution is -2.34. The van der Waals surface area contributed by atoms with E-state index in [0.29, 0.717) is 18.4 Å². The molecule has 4 fully saturated rings. The SMILES string of the molecule is OCC1CC23CCC1CC2C3O. The molecule has 0 aliphatic heterocycles. The Bertz CT molecular complexity index is 216. The highest BCUT2D eigenvalue weighted by Crippen LogP contribution is 2.70. The fourth-order valence-electron chi connectivity index (χ4n) is 3.82. The smallest absolute Gasteiger partial charge is 0.0634 e. The summed E-state index contributed by atoms with van der Waals surface area (Å²) in [4.78, 5) is 0. The van der Waals surface area contributed by atoms with Gasteiger partial charge in [-0.1, -0.05) is 0 Å². The molecule has 12 heavy (non-hydrogen) atoms. The molecule has 0 heterocycles. The van der Waals surface area contributed by atoms with Gasteiger partial charge in [0.2, 0.25) is 0 Å². The average Bonchev–Trinajstić information content (AvgIpc) is 2.72. The second-order valence-electron chi connectivity index (χ2n) is 4.97. The van der Waals surface area contributed by atoms with Crippen molar-refractivity contribution >= 4 is 0 Å². The third kappa shape index (κ3) is 0.647. The predicted molar refractivity (Wildman–Crippen MR) is 44.5 cm³/mol. The van der Waals surface area contributed by atoms with Gasteiger partial charge in [0.25, 0.3) is 0 Å². The quantitative estimate of drug-likeness (QED) is 0.607. The number of fused-ring (bicyclic) bond motifs is 2. The van der Waals surface area contributed by atoms with E-state index in [1.807, 2.05) is 0 Å². The Morgan fingerprint density at radius 2 is 2.25 bits per heavy atom. The summed E-state index contributed by atoms with van der Waals surface area (Å²) in [6.45, 7) is 0.339. The summed E-state index contributed by atoms with van der Waals surface area (Å²) in [5.41, 5.74) is 0.280. The van der Waals surface area contributed by atoms with Gasteiger partial charge in [-0.2, -0.15) is 0 Å². The minimum atomic E-state index is -0.0148. The van der Waals surface area contributed by atoms with E-state index in [1.54, 1.807) is 0 Å². The highest BCUT2D eigenvalue weighted by atomic mass is 16.3. The number of aliphatic hydroxyl groups excluding tert-OH is 2. The minimum absolute atomic E-state index is 0.0148. The molecule has 4 aliphatic rings. The van der Waals surface area contributed by atoms with Crippen LogP contribution in [0.4, 0.5) is 0 Å². The zero-order valence-corrected chi connectivity index (χ0v) is 7.24. The third-order valence-electron chi connectivity index (χ3n) is 4.68. The molecule has 2 nitrogen and oxygen atoms in total. The topological polar surface area (TPSA) is 40.5 Å². The number of hydrogen-bond donors (Lipinski definition) is 2. The summed E-state index contributed by atoms with van der Waals surface area (Å²) < 4.78 is 0. The van der Waals surface area contributed by atoms with Crippen molar-refractivity contribution in [1.29, 1.82) is 0 Å². The van der Waals surface area contributed by atoms with Gasteiger partial charge >= 0.3 is 0 Å². The maximum absolute atomic E-state index is 9.74. The molecule has 5 unspecified atom stereocenters. The Hall–Kier alpha value is -0.0800. The second-order valence-corrected chi connectivity index (χ2v) is 4.97. The van der Waals surface area contributed by atoms with Crippen LogP contribution in [-0.2, 0) is 0 Å². The minimum Gasteiger partial charge on any atom is -0.396 e. The molecule has 5 atom stereocenters. The van der Waals surface area contributed by atoms with Crippen molar-refractivity contribution < 1.29 is 10.2 Å². The van der Waals surface area contributed by atoms with Crippen LogP contribution >= 0.6 is 0 Å². The highest BCUT2D eigenvalue weighted by molar-refractivity contribution is 5.18. The molecule has 0 radical (unpaired) electrons. The Morgan fingerprint density at radius 3 is 2.83 bits per heavy atom. The van der Waals surface area contributed by atoms with Crippen molar-refractivity contribution in [3.63, 3.8) is 0 Å². The van der Waals surface area contributed by atoms with Gasteiger partial charge in [0.05, 0.1) is 6.10 Å². The summed E-state index contributed by atoms with van der Waals surface area (Å²) in [5.74, 6) is 1.84. The molecule has 0 aromatic rings. The molecular formula is C10H16O2. The average molecular weight is 168 g/mol. The van der Waals surface area contributed by atoms with Crippen molar-refractivity contribution in [1.82, 2.24) is 0 Å². The van der Waals surface area contributed by atoms with Crippen LogP contribution in [0.2, 0.25) is 0 Å². The first kappa shape index (κ1) is 7.34. The summed E-state index contributed by atoms with van der Waals surface area (Å²) >= 11 is 0. The van der Waals surface area contributed by atoms with E-state index in [4.69, 9.17) is 5.11 Å². The van der Waals surface area contributed by atoms with Gasteiger partial charge in [-0.05, 0) is 43.4 Å². The number of hydrogen-bond acceptors (Lipinski definition) is 2. The standard InChI is InChI=1S/C10H16O2/c11-5-7-4-10-2-1-6(7)3-8(10)9(10)12/h6-9,11-12H,1-5H2. The molecule has 0 aromatic carbocycles. The van der Waals surface area contributed by atoms with Crippen LogP contribution in [0.3, 0.4) is 0 Å². The zero-order valence-electron chi connectivity index (χ0n) is 7.24. The van der Waals surface area contributed by atoms with Crippen LogP contribution in [0.25, 0.3) is 0 Å². The molecule has 4 rings (SSSR count). The third-order valence-corrected chi connectivity index (χ3v) is 4.68. The van der Waals surface area contributed by atoms with E-state index in [2.05, 4.69) is 0 Å². The fraction of sp³-hybridized carbons (Fsp3) is 1.00. The zero-order chi connectivity index (χ0) is 8.34. The maximum Gasteiger partial charge on any atom is 0.0634 e. The van der Waals surface area contributed by atoms with Crippen LogP contribution in [-0.4, -0.2) is 22.9 Å². The maximum atomic E-state index is 9.74. The van der Waals surface area contributed by atoms with Crippen molar-refractivity contribution in [2.75, 3.05) is 6.61 Å². The fourth-order valence-corrected chi connectivity index (χ4v) is 3.82. The summed E-state index contributed by atoms with van der Waals surface area (Å²) in [5, 5.41) is 18.9. The van der Waals surface area contributed by atoms with Crippen molar-refractivity contribution in [3.8, 4) is 0 Å². The molecule has 2 N–H and O–H groups in total. The lowest BCUT2D eigenvalue weighted by molar-refractivity contribution is 0.0395. The molecule has 68 valence electrons. The van der Waals surface area contributed by atoms with Gasteiger partial charge in [0.15, 0.2) is 0 Å². The summed E-state index contributed by atoms with van der Waals surface area (Å²) in [6, 6.07) is 0. The molecule has 0 saturated heterocycles. The summed E-state index contributed by atoms with van der Waals surface area (Å²) in [7, 11) is 0. The molecular weight excluding hydrogens is 152 g/mol. The predicted octanol–water partition coefficient (Wildman–Crippen LogP) is 0.776. The molecule has 0 aromatic heterocycles. The van der Waals surface area contributed by atoms with E-state index in [9.17, 15) is 5.11 Å². The first-order chi connectivity index (χ1) is 5.78. The molecule has 1 spiro atoms. The van der Waals surface area contributed by atoms with Crippen LogP contribution in [0.5, 0.6) is 0 Å². The molecule has 2 heteroatoms. The Labute approximate surface area is 72.6 Å². The van der Waals surface area contributed by atoms with Gasteiger partial charge in [-0.15, -0.1) is 0 Å². The van der Waals surface area contributed by atoms with Crippen molar-refractivity contribution in [2.24, 2.45) is 23.2 Å². The molecule has 0 amide bonds. The lowest BCUT2D eigenvalue weighted by atomic mass is 9.64. The monoisotopic (exact) mass is 168 g/mol. The van der Waals surface area contributed by atoms with Gasteiger partial charge in [0, 0.05) is 12.0 Å². The van der Waals surface area contributed by atoms with Crippen molar-refractivity contribution in [2.45, 2.75) is 31.8 Å². The Balaban J connectivity index is 1.87. The normalized spacial score (nSPS) is 61.5. The molecule has 4 aliphatic carbocycles. The Morgan fingerprint density at radius 1 is 1.42 bits per heavy atom. The first-order valence-corrected chi connectivity index (χ1v) is 5.07. The van der Waals surface area contributed by atoms with Gasteiger partial charge in [-0.3, -0.25) is 0 Å². The van der Waals surface area contributed by atoms with Crippen LogP contribution in [0.15, 0.2) is 0 Å². The van der Waals surface area contributed by atoms with E-state index in [-0.39, 0.29) is 11.5 Å².